The lowest BCUT2D eigenvalue weighted by Crippen LogP contribution is -2.60. The lowest BCUT2D eigenvalue weighted by molar-refractivity contribution is -0.277. The first kappa shape index (κ1) is 31.7. The van der Waals surface area contributed by atoms with E-state index in [2.05, 4.69) is 0 Å². The Balaban J connectivity index is 0.000000184. The van der Waals surface area contributed by atoms with Crippen molar-refractivity contribution in [3.05, 3.63) is 72.8 Å². The van der Waals surface area contributed by atoms with Crippen LogP contribution in [0.25, 0.3) is 0 Å². The van der Waals surface area contributed by atoms with E-state index in [4.69, 9.17) is 44.5 Å². The van der Waals surface area contributed by atoms with Gasteiger partial charge in [0.2, 0.25) is 6.29 Å². The fourth-order valence-electron chi connectivity index (χ4n) is 3.76. The molecule has 8 N–H and O–H groups in total. The number of hydrogen-bond acceptors (Lipinski definition) is 12. The van der Waals surface area contributed by atoms with Gasteiger partial charge in [-0.15, -0.1) is 0 Å². The molecule has 2 fully saturated rings. The lowest BCUT2D eigenvalue weighted by atomic mass is 9.99. The van der Waals surface area contributed by atoms with E-state index >= 15 is 0 Å². The van der Waals surface area contributed by atoms with Crippen LogP contribution < -0.4 is 9.47 Å². The van der Waals surface area contributed by atoms with E-state index in [0.717, 1.165) is 31.6 Å². The number of hydrogen-bond donors (Lipinski definition) is 8. The molecule has 0 saturated carbocycles. The summed E-state index contributed by atoms with van der Waals surface area (Å²) in [6, 6.07) is 18.1. The van der Waals surface area contributed by atoms with Crippen LogP contribution in [0.3, 0.4) is 0 Å². The number of aliphatic hydroxyl groups excluding tert-OH is 4. The predicted molar refractivity (Wildman–Crippen MR) is 145 cm³/mol. The van der Waals surface area contributed by atoms with Gasteiger partial charge >= 0.3 is 0 Å². The Bertz CT molecular complexity index is 1110. The highest BCUT2D eigenvalue weighted by Crippen LogP contribution is 2.25. The molecule has 0 radical (unpaired) electrons. The molecular formula is C29H36O12. The van der Waals surface area contributed by atoms with Gasteiger partial charge in [0.1, 0.15) is 58.9 Å². The molecule has 41 heavy (non-hydrogen) atoms. The minimum absolute atomic E-state index is 0.0566. The average molecular weight is 577 g/mol. The molecule has 0 aromatic heterocycles. The van der Waals surface area contributed by atoms with Crippen LogP contribution in [0.15, 0.2) is 72.8 Å². The van der Waals surface area contributed by atoms with Crippen molar-refractivity contribution in [3.63, 3.8) is 0 Å². The maximum absolute atomic E-state index is 9.75. The van der Waals surface area contributed by atoms with E-state index in [1.54, 1.807) is 24.3 Å². The first-order chi connectivity index (χ1) is 19.7. The number of aromatic hydroxyl groups is 4. The van der Waals surface area contributed by atoms with Gasteiger partial charge in [0.15, 0.2) is 6.29 Å². The van der Waals surface area contributed by atoms with Gasteiger partial charge in [0, 0.05) is 6.42 Å². The molecule has 0 aliphatic carbocycles. The average Bonchev–Trinajstić information content (AvgIpc) is 2.98. The Labute approximate surface area is 236 Å². The molecule has 12 heteroatoms. The second-order valence-corrected chi connectivity index (χ2v) is 9.23. The van der Waals surface area contributed by atoms with E-state index in [0.29, 0.717) is 5.75 Å². The summed E-state index contributed by atoms with van der Waals surface area (Å²) in [5.41, 5.74) is 0. The number of benzene rings is 3. The Morgan fingerprint density at radius 3 is 1.51 bits per heavy atom. The van der Waals surface area contributed by atoms with Gasteiger partial charge in [0.25, 0.3) is 0 Å². The van der Waals surface area contributed by atoms with E-state index in [9.17, 15) is 15.3 Å². The highest BCUT2D eigenvalue weighted by atomic mass is 16.7. The molecule has 12 nitrogen and oxygen atoms in total. The van der Waals surface area contributed by atoms with Crippen LogP contribution in [-0.2, 0) is 9.47 Å². The third-order valence-corrected chi connectivity index (χ3v) is 6.03. The Morgan fingerprint density at radius 1 is 0.610 bits per heavy atom. The van der Waals surface area contributed by atoms with E-state index in [1.165, 1.54) is 48.5 Å². The fourth-order valence-corrected chi connectivity index (χ4v) is 3.76. The van der Waals surface area contributed by atoms with Gasteiger partial charge in [-0.1, -0.05) is 0 Å². The topological polar surface area (TPSA) is 199 Å². The number of aliphatic hydroxyl groups is 4. The van der Waals surface area contributed by atoms with Crippen LogP contribution in [0.2, 0.25) is 0 Å². The van der Waals surface area contributed by atoms with Crippen LogP contribution in [0.5, 0.6) is 34.5 Å². The van der Waals surface area contributed by atoms with Gasteiger partial charge in [-0.25, -0.2) is 0 Å². The number of phenols is 4. The lowest BCUT2D eigenvalue weighted by Gasteiger charge is -2.39. The van der Waals surface area contributed by atoms with Gasteiger partial charge in [-0.05, 0) is 85.6 Å². The normalized spacial score (nSPS) is 25.5. The largest absolute Gasteiger partial charge is 0.508 e. The molecule has 2 saturated heterocycles. The van der Waals surface area contributed by atoms with Crippen molar-refractivity contribution in [3.8, 4) is 34.5 Å². The van der Waals surface area contributed by atoms with Crippen LogP contribution in [0.1, 0.15) is 19.3 Å². The molecule has 3 aromatic rings. The summed E-state index contributed by atoms with van der Waals surface area (Å²) < 4.78 is 21.5. The minimum Gasteiger partial charge on any atom is -0.508 e. The second-order valence-electron chi connectivity index (χ2n) is 9.23. The Morgan fingerprint density at radius 2 is 1.07 bits per heavy atom. The first-order valence-electron chi connectivity index (χ1n) is 13.0. The molecule has 5 rings (SSSR count). The van der Waals surface area contributed by atoms with Crippen LogP contribution in [0, 0.1) is 0 Å². The Hall–Kier alpha value is -3.78. The maximum Gasteiger partial charge on any atom is 0.229 e. The molecule has 224 valence electrons. The Kier molecular flexibility index (Phi) is 12.3. The summed E-state index contributed by atoms with van der Waals surface area (Å²) in [5, 5.41) is 73.4. The van der Waals surface area contributed by atoms with Crippen LogP contribution in [-0.4, -0.2) is 91.1 Å². The predicted octanol–water partition coefficient (Wildman–Crippen LogP) is 1.97. The fraction of sp³-hybridized carbons (Fsp3) is 0.379. The second kappa shape index (κ2) is 15.9. The number of phenolic OH excluding ortho intramolecular Hbond substituents is 4. The van der Waals surface area contributed by atoms with Crippen molar-refractivity contribution < 1.29 is 59.8 Å². The van der Waals surface area contributed by atoms with E-state index < -0.39 is 37.3 Å². The summed E-state index contributed by atoms with van der Waals surface area (Å²) in [4.78, 5) is 0. The van der Waals surface area contributed by atoms with Gasteiger partial charge in [0.05, 0.1) is 13.2 Å². The van der Waals surface area contributed by atoms with Gasteiger partial charge in [-0.3, -0.25) is 0 Å². The van der Waals surface area contributed by atoms with E-state index in [1.807, 2.05) is 0 Å². The van der Waals surface area contributed by atoms with Crippen molar-refractivity contribution in [2.24, 2.45) is 0 Å². The molecule has 3 aromatic carbocycles. The van der Waals surface area contributed by atoms with Gasteiger partial charge in [-0.2, -0.15) is 0 Å². The monoisotopic (exact) mass is 576 g/mol. The van der Waals surface area contributed by atoms with Crippen molar-refractivity contribution in [1.29, 1.82) is 0 Å². The van der Waals surface area contributed by atoms with Crippen molar-refractivity contribution >= 4 is 0 Å². The smallest absolute Gasteiger partial charge is 0.229 e. The van der Waals surface area contributed by atoms with Gasteiger partial charge < -0.3 is 59.8 Å². The molecule has 6 unspecified atom stereocenters. The summed E-state index contributed by atoms with van der Waals surface area (Å²) in [7, 11) is 0. The zero-order chi connectivity index (χ0) is 29.8. The summed E-state index contributed by atoms with van der Waals surface area (Å²) in [5.74, 6) is 1.70. The molecular weight excluding hydrogens is 540 g/mol. The molecule has 2 heterocycles. The van der Waals surface area contributed by atoms with Crippen molar-refractivity contribution in [1.82, 2.24) is 0 Å². The molecule has 0 bridgehead atoms. The molecule has 0 amide bonds. The molecule has 6 atom stereocenters. The quantitative estimate of drug-likeness (QED) is 0.206. The standard InChI is InChI=1S/C12H16O7.C11H14O3.C6H6O2/c13-5-8-9(15)10(16)11(17)12(19-8)18-7-3-1-6(14)2-4-7;12-9-4-6-10(7-5-9)14-11-3-1-2-8-13-11;7-5-1-2-6(8)4-3-5/h1-4,8-17H,5H2;4-7,11-12H,1-3,8H2;1-4,7-8H. The zero-order valence-electron chi connectivity index (χ0n) is 22.1. The van der Waals surface area contributed by atoms with Crippen LogP contribution >= 0.6 is 0 Å². The van der Waals surface area contributed by atoms with Crippen LogP contribution in [0.4, 0.5) is 0 Å². The molecule has 2 aliphatic rings. The first-order valence-corrected chi connectivity index (χ1v) is 13.0. The third kappa shape index (κ3) is 10.3. The third-order valence-electron chi connectivity index (χ3n) is 6.03. The zero-order valence-corrected chi connectivity index (χ0v) is 22.1. The SMILES string of the molecule is OCC1OC(Oc2ccc(O)cc2)C(O)C(O)C1O.Oc1ccc(O)cc1.Oc1ccc(OC2CCCCO2)cc1. The molecule has 0 spiro atoms. The van der Waals surface area contributed by atoms with E-state index in [-0.39, 0.29) is 29.3 Å². The molecule has 2 aliphatic heterocycles. The van der Waals surface area contributed by atoms with Crippen molar-refractivity contribution in [2.45, 2.75) is 56.3 Å². The minimum atomic E-state index is -1.48. The summed E-state index contributed by atoms with van der Waals surface area (Å²) >= 11 is 0. The highest BCUT2D eigenvalue weighted by molar-refractivity contribution is 5.31. The number of ether oxygens (including phenoxy) is 4. The van der Waals surface area contributed by atoms with Crippen molar-refractivity contribution in [2.75, 3.05) is 13.2 Å². The maximum atomic E-state index is 9.75. The summed E-state index contributed by atoms with van der Waals surface area (Å²) in [6.07, 6.45) is -3.48. The highest BCUT2D eigenvalue weighted by Gasteiger charge is 2.44. The number of rotatable bonds is 5. The summed E-state index contributed by atoms with van der Waals surface area (Å²) in [6.45, 7) is 0.267.